The molecule has 0 fully saturated rings. The van der Waals surface area contributed by atoms with Crippen LogP contribution in [0.1, 0.15) is 13.8 Å². The van der Waals surface area contributed by atoms with Crippen molar-refractivity contribution in [2.75, 3.05) is 0 Å². The van der Waals surface area contributed by atoms with Crippen LogP contribution in [0, 0.1) is 0 Å². The number of rotatable bonds is 2. The quantitative estimate of drug-likeness (QED) is 0.570. The fourth-order valence-corrected chi connectivity index (χ4v) is 0. The predicted molar refractivity (Wildman–Crippen MR) is 43.8 cm³/mol. The van der Waals surface area contributed by atoms with E-state index in [9.17, 15) is 0 Å². The molecule has 0 aromatic carbocycles. The summed E-state index contributed by atoms with van der Waals surface area (Å²) in [5.74, 6) is 0. The van der Waals surface area contributed by atoms with Gasteiger partial charge in [-0.2, -0.15) is 0 Å². The molecule has 0 saturated heterocycles. The summed E-state index contributed by atoms with van der Waals surface area (Å²) in [4.78, 5) is 0. The Balaban J connectivity index is 0. The maximum Gasteiger partial charge on any atom is 0.0690 e. The molecule has 0 radical (unpaired) electrons. The van der Waals surface area contributed by atoms with Gasteiger partial charge in [0.05, 0.1) is 12.2 Å². The molecule has 0 heterocycles. The lowest BCUT2D eigenvalue weighted by Gasteiger charge is -1.84. The van der Waals surface area contributed by atoms with Crippen LogP contribution in [0.3, 0.4) is 0 Å². The van der Waals surface area contributed by atoms with Gasteiger partial charge in [-0.05, 0) is 13.8 Å². The van der Waals surface area contributed by atoms with Crippen LogP contribution in [0.5, 0.6) is 0 Å². The highest BCUT2D eigenvalue weighted by Gasteiger charge is 1.75. The zero-order valence-electron chi connectivity index (χ0n) is 6.62. The standard InChI is InChI=1S/2C4H8O/c2*1-3-4(2)5/h2*3-5H,1H2,2H3. The van der Waals surface area contributed by atoms with E-state index in [2.05, 4.69) is 13.2 Å². The summed E-state index contributed by atoms with van der Waals surface area (Å²) >= 11 is 0. The van der Waals surface area contributed by atoms with Crippen molar-refractivity contribution in [1.29, 1.82) is 0 Å². The molecule has 2 heteroatoms. The first-order chi connectivity index (χ1) is 4.54. The van der Waals surface area contributed by atoms with Gasteiger partial charge in [-0.25, -0.2) is 0 Å². The minimum absolute atomic E-state index is 0.352. The average molecular weight is 144 g/mol. The lowest BCUT2D eigenvalue weighted by molar-refractivity contribution is 0.244. The van der Waals surface area contributed by atoms with Gasteiger partial charge in [0.2, 0.25) is 0 Å². The number of hydrogen-bond acceptors (Lipinski definition) is 2. The molecule has 0 aliphatic carbocycles. The van der Waals surface area contributed by atoms with Gasteiger partial charge in [0, 0.05) is 0 Å². The Morgan fingerprint density at radius 2 is 1.10 bits per heavy atom. The molecule has 0 aliphatic heterocycles. The second-order valence-corrected chi connectivity index (χ2v) is 1.95. The molecule has 10 heavy (non-hydrogen) atoms. The lowest BCUT2D eigenvalue weighted by Crippen LogP contribution is -1.88. The van der Waals surface area contributed by atoms with E-state index in [-0.39, 0.29) is 12.2 Å². The third-order valence-corrected chi connectivity index (χ3v) is 0.682. The van der Waals surface area contributed by atoms with Crippen LogP contribution in [0.25, 0.3) is 0 Å². The van der Waals surface area contributed by atoms with Crippen LogP contribution in [0.15, 0.2) is 25.3 Å². The highest BCUT2D eigenvalue weighted by molar-refractivity contribution is 4.72. The van der Waals surface area contributed by atoms with Crippen molar-refractivity contribution in [2.24, 2.45) is 0 Å². The van der Waals surface area contributed by atoms with Crippen molar-refractivity contribution in [3.8, 4) is 0 Å². The average Bonchev–Trinajstić information content (AvgIpc) is 1.89. The van der Waals surface area contributed by atoms with Crippen molar-refractivity contribution in [3.63, 3.8) is 0 Å². The largest absolute Gasteiger partial charge is 0.389 e. The Morgan fingerprint density at radius 1 is 1.00 bits per heavy atom. The molecule has 2 N–H and O–H groups in total. The third kappa shape index (κ3) is 26.2. The number of aliphatic hydroxyl groups excluding tert-OH is 2. The van der Waals surface area contributed by atoms with Crippen molar-refractivity contribution in [3.05, 3.63) is 25.3 Å². The summed E-state index contributed by atoms with van der Waals surface area (Å²) in [6.45, 7) is 9.94. The molecule has 0 aliphatic rings. The van der Waals surface area contributed by atoms with Gasteiger partial charge >= 0.3 is 0 Å². The summed E-state index contributed by atoms with van der Waals surface area (Å²) < 4.78 is 0. The Hall–Kier alpha value is -0.600. The highest BCUT2D eigenvalue weighted by atomic mass is 16.3. The van der Waals surface area contributed by atoms with Gasteiger partial charge in [0.25, 0.3) is 0 Å². The van der Waals surface area contributed by atoms with Gasteiger partial charge in [-0.1, -0.05) is 12.2 Å². The summed E-state index contributed by atoms with van der Waals surface area (Å²) in [5.41, 5.74) is 0. The van der Waals surface area contributed by atoms with E-state index in [4.69, 9.17) is 10.2 Å². The topological polar surface area (TPSA) is 40.5 Å². The van der Waals surface area contributed by atoms with E-state index in [1.165, 1.54) is 12.2 Å². The van der Waals surface area contributed by atoms with E-state index in [0.29, 0.717) is 0 Å². The fourth-order valence-electron chi connectivity index (χ4n) is 0. The van der Waals surface area contributed by atoms with Crippen molar-refractivity contribution in [2.45, 2.75) is 26.1 Å². The predicted octanol–water partition coefficient (Wildman–Crippen LogP) is 1.11. The Kier molecular flexibility index (Phi) is 10.2. The smallest absolute Gasteiger partial charge is 0.0690 e. The number of aliphatic hydroxyl groups is 2. The van der Waals surface area contributed by atoms with Gasteiger partial charge in [-0.15, -0.1) is 13.2 Å². The molecule has 0 spiro atoms. The zero-order chi connectivity index (χ0) is 8.57. The van der Waals surface area contributed by atoms with E-state index in [1.54, 1.807) is 13.8 Å². The summed E-state index contributed by atoms with van der Waals surface area (Å²) in [6, 6.07) is 0. The van der Waals surface area contributed by atoms with Gasteiger partial charge in [0.15, 0.2) is 0 Å². The first-order valence-electron chi connectivity index (χ1n) is 3.15. The maximum absolute atomic E-state index is 8.24. The lowest BCUT2D eigenvalue weighted by atomic mass is 10.4. The third-order valence-electron chi connectivity index (χ3n) is 0.682. The molecule has 2 unspecified atom stereocenters. The first kappa shape index (κ1) is 12.1. The van der Waals surface area contributed by atoms with Crippen LogP contribution >= 0.6 is 0 Å². The first-order valence-corrected chi connectivity index (χ1v) is 3.15. The minimum atomic E-state index is -0.352. The van der Waals surface area contributed by atoms with Crippen LogP contribution in [-0.2, 0) is 0 Å². The van der Waals surface area contributed by atoms with E-state index < -0.39 is 0 Å². The molecular weight excluding hydrogens is 128 g/mol. The molecule has 0 aromatic rings. The van der Waals surface area contributed by atoms with E-state index in [1.807, 2.05) is 0 Å². The maximum atomic E-state index is 8.24. The summed E-state index contributed by atoms with van der Waals surface area (Å²) in [7, 11) is 0. The van der Waals surface area contributed by atoms with Gasteiger partial charge in [-0.3, -0.25) is 0 Å². The monoisotopic (exact) mass is 144 g/mol. The normalized spacial score (nSPS) is 14.0. The Morgan fingerprint density at radius 3 is 1.10 bits per heavy atom. The minimum Gasteiger partial charge on any atom is -0.389 e. The highest BCUT2D eigenvalue weighted by Crippen LogP contribution is 1.73. The van der Waals surface area contributed by atoms with Gasteiger partial charge < -0.3 is 10.2 Å². The molecule has 2 nitrogen and oxygen atoms in total. The molecule has 0 amide bonds. The molecule has 0 saturated carbocycles. The van der Waals surface area contributed by atoms with Gasteiger partial charge in [0.1, 0.15) is 0 Å². The van der Waals surface area contributed by atoms with Crippen LogP contribution in [-0.4, -0.2) is 22.4 Å². The Labute approximate surface area is 62.5 Å². The second kappa shape index (κ2) is 8.40. The molecular formula is C8H16O2. The van der Waals surface area contributed by atoms with Crippen molar-refractivity contribution < 1.29 is 10.2 Å². The summed E-state index contributed by atoms with van der Waals surface area (Å²) in [6.07, 6.45) is 2.24. The van der Waals surface area contributed by atoms with Crippen molar-refractivity contribution >= 4 is 0 Å². The molecule has 60 valence electrons. The van der Waals surface area contributed by atoms with Crippen LogP contribution < -0.4 is 0 Å². The SMILES string of the molecule is C=CC(C)O.C=CC(C)O. The molecule has 0 bridgehead atoms. The van der Waals surface area contributed by atoms with E-state index in [0.717, 1.165) is 0 Å². The zero-order valence-corrected chi connectivity index (χ0v) is 6.62. The molecule has 0 rings (SSSR count). The molecule has 2 atom stereocenters. The second-order valence-electron chi connectivity index (χ2n) is 1.95. The van der Waals surface area contributed by atoms with Crippen LogP contribution in [0.2, 0.25) is 0 Å². The Bertz CT molecular complexity index is 73.3. The van der Waals surface area contributed by atoms with Crippen molar-refractivity contribution in [1.82, 2.24) is 0 Å². The molecule has 0 aromatic heterocycles. The van der Waals surface area contributed by atoms with Crippen LogP contribution in [0.4, 0.5) is 0 Å². The fraction of sp³-hybridized carbons (Fsp3) is 0.500. The number of hydrogen-bond donors (Lipinski definition) is 2. The summed E-state index contributed by atoms with van der Waals surface area (Å²) in [5, 5.41) is 16.5. The van der Waals surface area contributed by atoms with E-state index >= 15 is 0 Å².